The summed E-state index contributed by atoms with van der Waals surface area (Å²) in [5, 5.41) is 6.27. The van der Waals surface area contributed by atoms with Crippen molar-refractivity contribution in [3.63, 3.8) is 0 Å². The van der Waals surface area contributed by atoms with Gasteiger partial charge in [-0.25, -0.2) is 0 Å². The predicted molar refractivity (Wildman–Crippen MR) is 91.5 cm³/mol. The maximum absolute atomic E-state index is 12.7. The minimum Gasteiger partial charge on any atom is -0.484 e. The number of carbonyl (C=O) groups excluding carboxylic acids is 1. The van der Waals surface area contributed by atoms with Gasteiger partial charge in [0.05, 0.1) is 10.7 Å². The fraction of sp³-hybridized carbons (Fsp3) is 0.375. The topological polar surface area (TPSA) is 56.2 Å². The van der Waals surface area contributed by atoms with Crippen molar-refractivity contribution in [2.75, 3.05) is 13.2 Å². The first kappa shape index (κ1) is 20.4. The molecule has 0 aliphatic rings. The van der Waals surface area contributed by atoms with Gasteiger partial charge in [-0.05, 0) is 37.6 Å². The predicted octanol–water partition coefficient (Wildman–Crippen LogP) is 4.10. The number of hydrogen-bond donors (Lipinski definition) is 1. The minimum absolute atomic E-state index is 0.174. The molecular formula is C16H16Cl2F3N3O2. The van der Waals surface area contributed by atoms with Crippen LogP contribution in [0.25, 0.3) is 0 Å². The Kier molecular flexibility index (Phi) is 6.77. The zero-order chi connectivity index (χ0) is 19.3. The number of carbonyl (C=O) groups is 1. The number of rotatable bonds is 7. The summed E-state index contributed by atoms with van der Waals surface area (Å²) < 4.78 is 44.7. The normalized spacial score (nSPS) is 11.5. The number of aryl methyl sites for hydroxylation is 1. The molecule has 0 spiro atoms. The number of benzene rings is 1. The molecule has 0 aliphatic carbocycles. The summed E-state index contributed by atoms with van der Waals surface area (Å²) in [6, 6.07) is 6.55. The first-order chi connectivity index (χ1) is 12.2. The van der Waals surface area contributed by atoms with Crippen molar-refractivity contribution in [2.45, 2.75) is 26.1 Å². The summed E-state index contributed by atoms with van der Waals surface area (Å²) >= 11 is 11.4. The molecule has 0 aliphatic heterocycles. The zero-order valence-corrected chi connectivity index (χ0v) is 15.3. The van der Waals surface area contributed by atoms with Crippen LogP contribution in [-0.2, 0) is 17.5 Å². The average Bonchev–Trinajstić information content (AvgIpc) is 2.86. The Labute approximate surface area is 158 Å². The van der Waals surface area contributed by atoms with Gasteiger partial charge >= 0.3 is 6.18 Å². The molecule has 2 aromatic rings. The molecule has 1 heterocycles. The molecule has 0 unspecified atom stereocenters. The Morgan fingerprint density at radius 3 is 2.50 bits per heavy atom. The van der Waals surface area contributed by atoms with Crippen LogP contribution in [0.3, 0.4) is 0 Å². The Balaban J connectivity index is 1.75. The van der Waals surface area contributed by atoms with Crippen molar-refractivity contribution in [1.29, 1.82) is 0 Å². The second-order valence-electron chi connectivity index (χ2n) is 5.42. The van der Waals surface area contributed by atoms with E-state index in [-0.39, 0.29) is 31.3 Å². The van der Waals surface area contributed by atoms with Crippen molar-refractivity contribution in [3.05, 3.63) is 45.7 Å². The Morgan fingerprint density at radius 2 is 1.92 bits per heavy atom. The van der Waals surface area contributed by atoms with E-state index in [0.29, 0.717) is 17.2 Å². The molecule has 5 nitrogen and oxygen atoms in total. The van der Waals surface area contributed by atoms with Crippen LogP contribution in [0.2, 0.25) is 10.0 Å². The number of hydrogen-bond acceptors (Lipinski definition) is 3. The maximum atomic E-state index is 12.7. The summed E-state index contributed by atoms with van der Waals surface area (Å²) in [5.41, 5.74) is -0.867. The van der Waals surface area contributed by atoms with Crippen LogP contribution >= 0.6 is 23.2 Å². The van der Waals surface area contributed by atoms with Crippen LogP contribution in [0, 0.1) is 6.92 Å². The lowest BCUT2D eigenvalue weighted by Crippen LogP contribution is -2.30. The van der Waals surface area contributed by atoms with Gasteiger partial charge in [0, 0.05) is 18.1 Å². The molecule has 0 radical (unpaired) electrons. The van der Waals surface area contributed by atoms with Crippen molar-refractivity contribution >= 4 is 29.1 Å². The van der Waals surface area contributed by atoms with Gasteiger partial charge in [-0.1, -0.05) is 23.2 Å². The van der Waals surface area contributed by atoms with Gasteiger partial charge < -0.3 is 10.1 Å². The number of nitrogens with one attached hydrogen (secondary N) is 1. The summed E-state index contributed by atoms with van der Waals surface area (Å²) in [6.45, 7) is 1.75. The fourth-order valence-corrected chi connectivity index (χ4v) is 2.48. The number of alkyl halides is 3. The second-order valence-corrected chi connectivity index (χ2v) is 6.23. The van der Waals surface area contributed by atoms with E-state index >= 15 is 0 Å². The van der Waals surface area contributed by atoms with Crippen molar-refractivity contribution in [2.24, 2.45) is 0 Å². The van der Waals surface area contributed by atoms with Crippen LogP contribution in [0.1, 0.15) is 17.8 Å². The summed E-state index contributed by atoms with van der Waals surface area (Å²) in [5.74, 6) is 0.164. The van der Waals surface area contributed by atoms with Crippen LogP contribution in [0.15, 0.2) is 24.3 Å². The van der Waals surface area contributed by atoms with Crippen LogP contribution in [0.4, 0.5) is 13.2 Å². The van der Waals surface area contributed by atoms with E-state index in [1.54, 1.807) is 24.3 Å². The maximum Gasteiger partial charge on any atom is 0.436 e. The largest absolute Gasteiger partial charge is 0.484 e. The molecule has 1 amide bonds. The van der Waals surface area contributed by atoms with E-state index in [9.17, 15) is 18.0 Å². The lowest BCUT2D eigenvalue weighted by atomic mass is 10.3. The SMILES string of the molecule is Cc1c(Cl)c(C(F)(F)F)nn1CCCNC(=O)COc1ccc(Cl)cc1. The second kappa shape index (κ2) is 8.64. The van der Waals surface area contributed by atoms with E-state index in [1.807, 2.05) is 0 Å². The summed E-state index contributed by atoms with van der Waals surface area (Å²) in [4.78, 5) is 11.7. The van der Waals surface area contributed by atoms with Gasteiger partial charge in [0.25, 0.3) is 5.91 Å². The van der Waals surface area contributed by atoms with E-state index in [2.05, 4.69) is 10.4 Å². The molecule has 0 atom stereocenters. The lowest BCUT2D eigenvalue weighted by molar-refractivity contribution is -0.141. The molecule has 142 valence electrons. The lowest BCUT2D eigenvalue weighted by Gasteiger charge is -2.08. The number of aromatic nitrogens is 2. The number of halogens is 5. The first-order valence-corrected chi connectivity index (χ1v) is 8.39. The van der Waals surface area contributed by atoms with Crippen LogP contribution in [-0.4, -0.2) is 28.8 Å². The third-order valence-electron chi connectivity index (χ3n) is 3.45. The summed E-state index contributed by atoms with van der Waals surface area (Å²) in [6.07, 6.45) is -4.21. The third kappa shape index (κ3) is 5.54. The van der Waals surface area contributed by atoms with Gasteiger partial charge in [-0.15, -0.1) is 0 Å². The van der Waals surface area contributed by atoms with Crippen LogP contribution < -0.4 is 10.1 Å². The highest BCUT2D eigenvalue weighted by Crippen LogP contribution is 2.35. The van der Waals surface area contributed by atoms with Gasteiger partial charge in [0.1, 0.15) is 5.75 Å². The Bertz CT molecular complexity index is 761. The number of ether oxygens (including phenoxy) is 1. The molecule has 0 fully saturated rings. The van der Waals surface area contributed by atoms with Crippen molar-refractivity contribution < 1.29 is 22.7 Å². The molecule has 2 rings (SSSR count). The zero-order valence-electron chi connectivity index (χ0n) is 13.7. The molecule has 0 saturated carbocycles. The van der Waals surface area contributed by atoms with Gasteiger partial charge in [0.15, 0.2) is 12.3 Å². The van der Waals surface area contributed by atoms with Gasteiger partial charge in [-0.2, -0.15) is 18.3 Å². The van der Waals surface area contributed by atoms with E-state index in [4.69, 9.17) is 27.9 Å². The highest BCUT2D eigenvalue weighted by Gasteiger charge is 2.38. The highest BCUT2D eigenvalue weighted by atomic mass is 35.5. The molecule has 1 N–H and O–H groups in total. The van der Waals surface area contributed by atoms with E-state index in [0.717, 1.165) is 0 Å². The third-order valence-corrected chi connectivity index (χ3v) is 4.16. The number of amides is 1. The highest BCUT2D eigenvalue weighted by molar-refractivity contribution is 6.32. The van der Waals surface area contributed by atoms with E-state index < -0.39 is 16.9 Å². The van der Waals surface area contributed by atoms with Gasteiger partial charge in [-0.3, -0.25) is 9.48 Å². The fourth-order valence-electron chi connectivity index (χ4n) is 2.11. The molecule has 0 saturated heterocycles. The molecule has 1 aromatic heterocycles. The number of nitrogens with zero attached hydrogens (tertiary/aromatic N) is 2. The smallest absolute Gasteiger partial charge is 0.436 e. The monoisotopic (exact) mass is 409 g/mol. The van der Waals surface area contributed by atoms with Crippen LogP contribution in [0.5, 0.6) is 5.75 Å². The minimum atomic E-state index is -4.60. The van der Waals surface area contributed by atoms with E-state index in [1.165, 1.54) is 11.6 Å². The molecular weight excluding hydrogens is 394 g/mol. The van der Waals surface area contributed by atoms with Crippen molar-refractivity contribution in [1.82, 2.24) is 15.1 Å². The Hall–Kier alpha value is -1.93. The molecule has 10 heteroatoms. The van der Waals surface area contributed by atoms with Crippen molar-refractivity contribution in [3.8, 4) is 5.75 Å². The Morgan fingerprint density at radius 1 is 1.27 bits per heavy atom. The average molecular weight is 410 g/mol. The first-order valence-electron chi connectivity index (χ1n) is 7.63. The quantitative estimate of drug-likeness (QED) is 0.700. The molecule has 1 aromatic carbocycles. The summed E-state index contributed by atoms with van der Waals surface area (Å²) in [7, 11) is 0. The molecule has 0 bridgehead atoms. The molecule has 26 heavy (non-hydrogen) atoms. The standard InChI is InChI=1S/C16H16Cl2F3N3O2/c1-10-14(18)15(16(19,20)21)23-24(10)8-2-7-22-13(25)9-26-12-5-3-11(17)4-6-12/h3-6H,2,7-9H2,1H3,(H,22,25). The van der Waals surface area contributed by atoms with Gasteiger partial charge in [0.2, 0.25) is 0 Å².